The number of carbonyl (C=O) groups is 2. The lowest BCUT2D eigenvalue weighted by atomic mass is 10.1. The molecule has 0 unspecified atom stereocenters. The fourth-order valence-corrected chi connectivity index (χ4v) is 7.03. The lowest BCUT2D eigenvalue weighted by Gasteiger charge is -2.40. The molecule has 14 heteroatoms. The zero-order chi connectivity index (χ0) is 35.1. The number of carbonyl (C=O) groups excluding carboxylic acids is 2. The van der Waals surface area contributed by atoms with E-state index < -0.39 is 58.5 Å². The summed E-state index contributed by atoms with van der Waals surface area (Å²) in [4.78, 5) is 48.6. The molecule has 3 aromatic rings. The molecule has 0 radical (unpaired) electrons. The molecule has 0 saturated carbocycles. The number of rotatable bonds is 9. The predicted octanol–water partition coefficient (Wildman–Crippen LogP) is 5.53. The van der Waals surface area contributed by atoms with Crippen LogP contribution in [0.1, 0.15) is 65.1 Å². The molecule has 47 heavy (non-hydrogen) atoms. The first-order valence-corrected chi connectivity index (χ1v) is 21.5. The Kier molecular flexibility index (Phi) is 10.1. The number of terminal acetylenes is 1. The van der Waals surface area contributed by atoms with Crippen molar-refractivity contribution in [1.82, 2.24) is 19.1 Å². The maximum absolute atomic E-state index is 13.9. The summed E-state index contributed by atoms with van der Waals surface area (Å²) < 4.78 is 28.5. The van der Waals surface area contributed by atoms with E-state index in [4.69, 9.17) is 24.7 Å². The van der Waals surface area contributed by atoms with Gasteiger partial charge in [-0.15, -0.1) is 0 Å². The van der Waals surface area contributed by atoms with Crippen molar-refractivity contribution in [3.05, 3.63) is 52.6 Å². The number of aromatic nitrogens is 4. The Hall–Kier alpha value is -3.62. The number of ether oxygens (including phenoxy) is 2. The second kappa shape index (κ2) is 13.1. The van der Waals surface area contributed by atoms with Crippen LogP contribution in [0.4, 0.5) is 5.95 Å². The van der Waals surface area contributed by atoms with Gasteiger partial charge in [-0.25, -0.2) is 9.55 Å². The number of imidazole rings is 1. The standard InChI is InChI=1S/C33H47N5O7Si2/c1-13-42-25-23(19-43-46(9,10)32(3,4)5)44-30(26(25)45-47(11,12)33(6,7)8)37-20-34-24-27(37)36-31(35-21(2)39)38(29(24)41)28(40)22-17-15-14-16-18-22/h1,14-18,20,23,25-26,30H,19H2,2-12H3,(H,35,36,39)/t23-,25-,26-,30-/m1/s1. The number of hydrogen-bond acceptors (Lipinski definition) is 9. The van der Waals surface area contributed by atoms with Crippen LogP contribution in [0.2, 0.25) is 36.3 Å². The number of anilines is 1. The van der Waals surface area contributed by atoms with Crippen LogP contribution in [0, 0.1) is 12.5 Å². The van der Waals surface area contributed by atoms with Crippen molar-refractivity contribution in [3.63, 3.8) is 0 Å². The summed E-state index contributed by atoms with van der Waals surface area (Å²) in [5, 5.41) is 2.32. The molecule has 2 aromatic heterocycles. The maximum Gasteiger partial charge on any atom is 0.290 e. The van der Waals surface area contributed by atoms with Crippen molar-refractivity contribution in [2.75, 3.05) is 11.9 Å². The summed E-state index contributed by atoms with van der Waals surface area (Å²) in [6.45, 7) is 22.8. The molecule has 0 aliphatic carbocycles. The van der Waals surface area contributed by atoms with E-state index in [0.717, 1.165) is 4.57 Å². The molecule has 1 N–H and O–H groups in total. The van der Waals surface area contributed by atoms with Gasteiger partial charge in [-0.1, -0.05) is 66.2 Å². The molecule has 1 amide bonds. The summed E-state index contributed by atoms with van der Waals surface area (Å²) >= 11 is 0. The van der Waals surface area contributed by atoms with Gasteiger partial charge in [0, 0.05) is 12.5 Å². The minimum absolute atomic E-state index is 0.0494. The van der Waals surface area contributed by atoms with Gasteiger partial charge in [0.15, 0.2) is 40.1 Å². The molecule has 0 bridgehead atoms. The number of amides is 1. The maximum atomic E-state index is 13.9. The fraction of sp³-hybridized carbons (Fsp3) is 0.545. The molecular weight excluding hydrogens is 635 g/mol. The summed E-state index contributed by atoms with van der Waals surface area (Å²) in [7, 11) is -4.67. The van der Waals surface area contributed by atoms with E-state index in [1.165, 1.54) is 13.3 Å². The van der Waals surface area contributed by atoms with E-state index in [1.54, 1.807) is 34.9 Å². The lowest BCUT2D eigenvalue weighted by Crippen LogP contribution is -2.50. The Labute approximate surface area is 278 Å². The van der Waals surface area contributed by atoms with E-state index in [-0.39, 0.29) is 39.4 Å². The Morgan fingerprint density at radius 1 is 1.02 bits per heavy atom. The zero-order valence-corrected chi connectivity index (χ0v) is 31.2. The summed E-state index contributed by atoms with van der Waals surface area (Å²) in [5.41, 5.74) is -0.508. The van der Waals surface area contributed by atoms with Crippen LogP contribution in [0.25, 0.3) is 11.2 Å². The second-order valence-corrected chi connectivity index (χ2v) is 24.5. The Morgan fingerprint density at radius 2 is 1.64 bits per heavy atom. The highest BCUT2D eigenvalue weighted by Gasteiger charge is 2.53. The highest BCUT2D eigenvalue weighted by Crippen LogP contribution is 2.44. The third-order valence-corrected chi connectivity index (χ3v) is 18.5. The van der Waals surface area contributed by atoms with Gasteiger partial charge in [0.25, 0.3) is 11.5 Å². The van der Waals surface area contributed by atoms with Gasteiger partial charge in [-0.05, 0) is 48.4 Å². The van der Waals surface area contributed by atoms with Crippen molar-refractivity contribution in [2.45, 2.75) is 109 Å². The molecule has 4 atom stereocenters. The molecule has 4 rings (SSSR count). The van der Waals surface area contributed by atoms with E-state index in [1.807, 2.05) is 0 Å². The highest BCUT2D eigenvalue weighted by molar-refractivity contribution is 6.74. The zero-order valence-electron chi connectivity index (χ0n) is 29.2. The van der Waals surface area contributed by atoms with E-state index in [2.05, 4.69) is 89.1 Å². The van der Waals surface area contributed by atoms with E-state index >= 15 is 0 Å². The molecular formula is C33H47N5O7Si2. The smallest absolute Gasteiger partial charge is 0.290 e. The number of nitrogens with zero attached hydrogens (tertiary/aromatic N) is 4. The molecule has 3 heterocycles. The first-order chi connectivity index (χ1) is 21.7. The van der Waals surface area contributed by atoms with Crippen molar-refractivity contribution in [3.8, 4) is 12.5 Å². The first kappa shape index (κ1) is 36.2. The van der Waals surface area contributed by atoms with Gasteiger partial charge in [-0.3, -0.25) is 24.3 Å². The van der Waals surface area contributed by atoms with Crippen LogP contribution in [0.15, 0.2) is 41.5 Å². The molecule has 254 valence electrons. The predicted molar refractivity (Wildman–Crippen MR) is 185 cm³/mol. The van der Waals surface area contributed by atoms with Crippen LogP contribution in [-0.2, 0) is 23.1 Å². The minimum Gasteiger partial charge on any atom is -0.438 e. The number of benzene rings is 1. The monoisotopic (exact) mass is 681 g/mol. The lowest BCUT2D eigenvalue weighted by molar-refractivity contribution is -0.114. The van der Waals surface area contributed by atoms with Crippen molar-refractivity contribution >= 4 is 45.6 Å². The molecule has 1 aliphatic heterocycles. The molecule has 1 saturated heterocycles. The van der Waals surface area contributed by atoms with Crippen LogP contribution in [0.3, 0.4) is 0 Å². The number of hydrogen-bond donors (Lipinski definition) is 1. The Balaban J connectivity index is 1.88. The molecule has 0 spiro atoms. The van der Waals surface area contributed by atoms with Gasteiger partial charge < -0.3 is 18.3 Å². The second-order valence-electron chi connectivity index (χ2n) is 14.9. The van der Waals surface area contributed by atoms with Gasteiger partial charge in [0.1, 0.15) is 18.3 Å². The van der Waals surface area contributed by atoms with Crippen molar-refractivity contribution < 1.29 is 27.9 Å². The largest absolute Gasteiger partial charge is 0.438 e. The summed E-state index contributed by atoms with van der Waals surface area (Å²) in [6, 6.07) is 8.25. The van der Waals surface area contributed by atoms with Crippen LogP contribution >= 0.6 is 0 Å². The minimum atomic E-state index is -2.47. The van der Waals surface area contributed by atoms with Crippen LogP contribution < -0.4 is 10.9 Å². The van der Waals surface area contributed by atoms with Crippen molar-refractivity contribution in [1.29, 1.82) is 0 Å². The SMILES string of the molecule is C#CO[C@H]1[C@@H](O[Si](C)(C)C(C)(C)C)[C@H](n2cnc3c(=O)n(C(=O)c4ccccc4)c(NC(C)=O)nc32)O[C@@H]1CO[Si](C)(C)C(C)(C)C. The molecule has 12 nitrogen and oxygen atoms in total. The quantitative estimate of drug-likeness (QED) is 0.229. The summed E-state index contributed by atoms with van der Waals surface area (Å²) in [6.07, 6.45) is 6.48. The fourth-order valence-electron chi connectivity index (χ4n) is 4.73. The molecule has 1 aromatic carbocycles. The molecule has 1 aliphatic rings. The average molecular weight is 682 g/mol. The van der Waals surface area contributed by atoms with Gasteiger partial charge in [-0.2, -0.15) is 4.98 Å². The summed E-state index contributed by atoms with van der Waals surface area (Å²) in [5.74, 6) is -1.43. The van der Waals surface area contributed by atoms with Crippen molar-refractivity contribution in [2.24, 2.45) is 0 Å². The average Bonchev–Trinajstić information content (AvgIpc) is 3.52. The van der Waals surface area contributed by atoms with E-state index in [9.17, 15) is 14.4 Å². The third-order valence-electron chi connectivity index (χ3n) is 9.52. The topological polar surface area (TPSA) is 136 Å². The third kappa shape index (κ3) is 7.29. The molecule has 1 fully saturated rings. The Morgan fingerprint density at radius 3 is 2.19 bits per heavy atom. The highest BCUT2D eigenvalue weighted by atomic mass is 28.4. The number of nitrogens with one attached hydrogen (secondary N) is 1. The first-order valence-electron chi connectivity index (χ1n) is 15.7. The number of fused-ring (bicyclic) bond motifs is 1. The normalized spacial score (nSPS) is 20.6. The van der Waals surface area contributed by atoms with Gasteiger partial charge in [0.2, 0.25) is 11.9 Å². The van der Waals surface area contributed by atoms with Crippen LogP contribution in [0.5, 0.6) is 0 Å². The Bertz CT molecular complexity index is 1730. The van der Waals surface area contributed by atoms with Crippen LogP contribution in [-0.4, -0.2) is 72.5 Å². The van der Waals surface area contributed by atoms with E-state index in [0.29, 0.717) is 0 Å². The van der Waals surface area contributed by atoms with Gasteiger partial charge in [0.05, 0.1) is 12.9 Å². The van der Waals surface area contributed by atoms with Gasteiger partial charge >= 0.3 is 0 Å².